The highest BCUT2D eigenvalue weighted by molar-refractivity contribution is 5.77. The van der Waals surface area contributed by atoms with Gasteiger partial charge in [0.25, 0.3) is 0 Å². The largest absolute Gasteiger partial charge is 0.359 e. The fourth-order valence-corrected chi connectivity index (χ4v) is 2.42. The molecule has 0 N–H and O–H groups in total. The lowest BCUT2D eigenvalue weighted by Crippen LogP contribution is -2.37. The van der Waals surface area contributed by atoms with Gasteiger partial charge in [-0.05, 0) is 24.5 Å². The number of ether oxygens (including phenoxy) is 1. The van der Waals surface area contributed by atoms with E-state index in [0.717, 1.165) is 17.5 Å². The Balaban J connectivity index is 2.12. The molecule has 23 heavy (non-hydrogen) atoms. The second kappa shape index (κ2) is 8.49. The molecule has 0 radical (unpaired) electrons. The van der Waals surface area contributed by atoms with Crippen molar-refractivity contribution >= 4 is 5.91 Å². The van der Waals surface area contributed by atoms with E-state index in [1.54, 1.807) is 4.90 Å². The van der Waals surface area contributed by atoms with Gasteiger partial charge in [0, 0.05) is 13.1 Å². The van der Waals surface area contributed by atoms with Crippen molar-refractivity contribution in [2.75, 3.05) is 13.7 Å². The van der Waals surface area contributed by atoms with Crippen molar-refractivity contribution in [3.8, 4) is 0 Å². The lowest BCUT2D eigenvalue weighted by Gasteiger charge is -2.25. The molecule has 3 heteroatoms. The highest BCUT2D eigenvalue weighted by Crippen LogP contribution is 2.25. The van der Waals surface area contributed by atoms with Crippen LogP contribution in [0.2, 0.25) is 0 Å². The Labute approximate surface area is 138 Å². The zero-order valence-corrected chi connectivity index (χ0v) is 14.1. The molecule has 2 aromatic rings. The highest BCUT2D eigenvalue weighted by atomic mass is 16.5. The smallest absolute Gasteiger partial charge is 0.248 e. The van der Waals surface area contributed by atoms with Gasteiger partial charge in [-0.1, -0.05) is 67.6 Å². The summed E-state index contributed by atoms with van der Waals surface area (Å²) in [6.45, 7) is 4.20. The molecular formula is C20H25NO2. The van der Waals surface area contributed by atoms with Gasteiger partial charge < -0.3 is 9.64 Å². The third-order valence-electron chi connectivity index (χ3n) is 4.22. The SMILES string of the molecule is CCC(C)N(C)C(=O)COC(c1ccccc1)c1ccccc1. The van der Waals surface area contributed by atoms with Crippen LogP contribution >= 0.6 is 0 Å². The van der Waals surface area contributed by atoms with Crippen LogP contribution in [0.3, 0.4) is 0 Å². The first-order chi connectivity index (χ1) is 11.1. The molecule has 0 saturated carbocycles. The summed E-state index contributed by atoms with van der Waals surface area (Å²) in [7, 11) is 1.83. The minimum atomic E-state index is -0.230. The van der Waals surface area contributed by atoms with Crippen LogP contribution in [-0.4, -0.2) is 30.5 Å². The van der Waals surface area contributed by atoms with Gasteiger partial charge in [0.2, 0.25) is 5.91 Å². The molecule has 0 aliphatic carbocycles. The van der Waals surface area contributed by atoms with Gasteiger partial charge in [-0.25, -0.2) is 0 Å². The first kappa shape index (κ1) is 17.2. The van der Waals surface area contributed by atoms with E-state index in [9.17, 15) is 4.79 Å². The Morgan fingerprint density at radius 1 is 1.00 bits per heavy atom. The van der Waals surface area contributed by atoms with E-state index in [1.807, 2.05) is 74.6 Å². The molecule has 2 aromatic carbocycles. The lowest BCUT2D eigenvalue weighted by atomic mass is 10.0. The summed E-state index contributed by atoms with van der Waals surface area (Å²) >= 11 is 0. The van der Waals surface area contributed by atoms with Gasteiger partial charge in [-0.15, -0.1) is 0 Å². The molecule has 0 fully saturated rings. The first-order valence-corrected chi connectivity index (χ1v) is 8.10. The van der Waals surface area contributed by atoms with Gasteiger partial charge in [0.15, 0.2) is 0 Å². The molecule has 0 bridgehead atoms. The Morgan fingerprint density at radius 2 is 1.48 bits per heavy atom. The van der Waals surface area contributed by atoms with E-state index in [0.29, 0.717) is 0 Å². The molecule has 2 rings (SSSR count). The van der Waals surface area contributed by atoms with Crippen molar-refractivity contribution in [1.29, 1.82) is 0 Å². The molecular weight excluding hydrogens is 286 g/mol. The zero-order chi connectivity index (χ0) is 16.7. The minimum Gasteiger partial charge on any atom is -0.359 e. The summed E-state index contributed by atoms with van der Waals surface area (Å²) < 4.78 is 6.00. The van der Waals surface area contributed by atoms with Crippen molar-refractivity contribution in [1.82, 2.24) is 4.90 Å². The fraction of sp³-hybridized carbons (Fsp3) is 0.350. The second-order valence-corrected chi connectivity index (χ2v) is 5.77. The first-order valence-electron chi connectivity index (χ1n) is 8.10. The van der Waals surface area contributed by atoms with Crippen LogP contribution in [0.4, 0.5) is 0 Å². The molecule has 1 atom stereocenters. The maximum absolute atomic E-state index is 12.3. The van der Waals surface area contributed by atoms with Gasteiger partial charge in [-0.3, -0.25) is 4.79 Å². The van der Waals surface area contributed by atoms with E-state index in [1.165, 1.54) is 0 Å². The Morgan fingerprint density at radius 3 is 1.91 bits per heavy atom. The number of hydrogen-bond donors (Lipinski definition) is 0. The van der Waals surface area contributed by atoms with Crippen LogP contribution in [0.5, 0.6) is 0 Å². The predicted molar refractivity (Wildman–Crippen MR) is 93.2 cm³/mol. The fourth-order valence-electron chi connectivity index (χ4n) is 2.42. The van der Waals surface area contributed by atoms with Crippen molar-refractivity contribution in [3.05, 3.63) is 71.8 Å². The van der Waals surface area contributed by atoms with Crippen molar-refractivity contribution in [2.45, 2.75) is 32.4 Å². The Kier molecular flexibility index (Phi) is 6.36. The molecule has 0 saturated heterocycles. The average Bonchev–Trinajstić information content (AvgIpc) is 2.62. The van der Waals surface area contributed by atoms with Crippen molar-refractivity contribution in [3.63, 3.8) is 0 Å². The summed E-state index contributed by atoms with van der Waals surface area (Å²) in [4.78, 5) is 14.1. The Bertz CT molecular complexity index is 558. The maximum Gasteiger partial charge on any atom is 0.248 e. The third-order valence-corrected chi connectivity index (χ3v) is 4.22. The number of carbonyl (C=O) groups excluding carboxylic acids is 1. The normalized spacial score (nSPS) is 12.2. The van der Waals surface area contributed by atoms with Crippen LogP contribution in [-0.2, 0) is 9.53 Å². The molecule has 0 aliphatic rings. The van der Waals surface area contributed by atoms with Crippen LogP contribution < -0.4 is 0 Å². The highest BCUT2D eigenvalue weighted by Gasteiger charge is 2.19. The standard InChI is InChI=1S/C20H25NO2/c1-4-16(2)21(3)19(22)15-23-20(17-11-7-5-8-12-17)18-13-9-6-10-14-18/h5-14,16,20H,4,15H2,1-3H3. The minimum absolute atomic E-state index is 0.0104. The number of carbonyl (C=O) groups is 1. The zero-order valence-electron chi connectivity index (χ0n) is 14.1. The molecule has 0 spiro atoms. The molecule has 0 aromatic heterocycles. The summed E-state index contributed by atoms with van der Waals surface area (Å²) in [6, 6.07) is 20.2. The number of benzene rings is 2. The third kappa shape index (κ3) is 4.67. The predicted octanol–water partition coefficient (Wildman–Crippen LogP) is 4.05. The Hall–Kier alpha value is -2.13. The van der Waals surface area contributed by atoms with Crippen molar-refractivity contribution in [2.24, 2.45) is 0 Å². The number of rotatable bonds is 7. The summed E-state index contributed by atoms with van der Waals surface area (Å²) in [5.41, 5.74) is 2.11. The van der Waals surface area contributed by atoms with Crippen LogP contribution in [0.1, 0.15) is 37.5 Å². The van der Waals surface area contributed by atoms with Crippen LogP contribution in [0, 0.1) is 0 Å². The maximum atomic E-state index is 12.3. The van der Waals surface area contributed by atoms with Crippen LogP contribution in [0.15, 0.2) is 60.7 Å². The number of hydrogen-bond acceptors (Lipinski definition) is 2. The summed E-state index contributed by atoms with van der Waals surface area (Å²) in [5, 5.41) is 0. The quantitative estimate of drug-likeness (QED) is 0.772. The van der Waals surface area contributed by atoms with Gasteiger partial charge >= 0.3 is 0 Å². The van der Waals surface area contributed by atoms with E-state index in [4.69, 9.17) is 4.74 Å². The van der Waals surface area contributed by atoms with Gasteiger partial charge in [0.1, 0.15) is 12.7 Å². The monoisotopic (exact) mass is 311 g/mol. The molecule has 3 nitrogen and oxygen atoms in total. The number of amides is 1. The second-order valence-electron chi connectivity index (χ2n) is 5.77. The molecule has 0 aliphatic heterocycles. The van der Waals surface area contributed by atoms with E-state index in [-0.39, 0.29) is 24.7 Å². The molecule has 0 heterocycles. The number of likely N-dealkylation sites (N-methyl/N-ethyl adjacent to an activating group) is 1. The summed E-state index contributed by atoms with van der Waals surface area (Å²) in [5.74, 6) is 0.0104. The van der Waals surface area contributed by atoms with Crippen LogP contribution in [0.25, 0.3) is 0 Å². The average molecular weight is 311 g/mol. The summed E-state index contributed by atoms with van der Waals surface area (Å²) in [6.07, 6.45) is 0.704. The van der Waals surface area contributed by atoms with E-state index < -0.39 is 0 Å². The topological polar surface area (TPSA) is 29.5 Å². The molecule has 1 amide bonds. The van der Waals surface area contributed by atoms with Gasteiger partial charge in [-0.2, -0.15) is 0 Å². The molecule has 1 unspecified atom stereocenters. The lowest BCUT2D eigenvalue weighted by molar-refractivity contribution is -0.138. The van der Waals surface area contributed by atoms with E-state index in [2.05, 4.69) is 6.92 Å². The van der Waals surface area contributed by atoms with Crippen molar-refractivity contribution < 1.29 is 9.53 Å². The van der Waals surface area contributed by atoms with E-state index >= 15 is 0 Å². The number of nitrogens with zero attached hydrogens (tertiary/aromatic N) is 1. The van der Waals surface area contributed by atoms with Gasteiger partial charge in [0.05, 0.1) is 0 Å². The molecule has 122 valence electrons.